The van der Waals surface area contributed by atoms with E-state index in [1.807, 2.05) is 0 Å². The lowest BCUT2D eigenvalue weighted by atomic mass is 10.1. The summed E-state index contributed by atoms with van der Waals surface area (Å²) >= 11 is 0. The molecular weight excluding hydrogens is 448 g/mol. The molecular formula is C23H26N2O7S. The molecule has 9 nitrogen and oxygen atoms in total. The quantitative estimate of drug-likeness (QED) is 0.614. The van der Waals surface area contributed by atoms with Gasteiger partial charge in [0.25, 0.3) is 5.91 Å². The normalized spacial score (nSPS) is 18.7. The number of ether oxygens (including phenoxy) is 3. The monoisotopic (exact) mass is 474 g/mol. The van der Waals surface area contributed by atoms with Crippen LogP contribution in [0.4, 0.5) is 5.69 Å². The number of hydrogen-bond donors (Lipinski definition) is 0. The Kier molecular flexibility index (Phi) is 6.57. The van der Waals surface area contributed by atoms with Crippen molar-refractivity contribution in [2.24, 2.45) is 0 Å². The van der Waals surface area contributed by atoms with Crippen LogP contribution in [-0.2, 0) is 19.6 Å². The van der Waals surface area contributed by atoms with E-state index >= 15 is 0 Å². The Balaban J connectivity index is 1.73. The molecule has 2 aliphatic heterocycles. The van der Waals surface area contributed by atoms with Crippen LogP contribution in [0, 0.1) is 0 Å². The highest BCUT2D eigenvalue weighted by molar-refractivity contribution is 7.89. The summed E-state index contributed by atoms with van der Waals surface area (Å²) in [6, 6.07) is 11.2. The zero-order chi connectivity index (χ0) is 23.6. The van der Waals surface area contributed by atoms with E-state index in [0.29, 0.717) is 24.5 Å². The molecule has 1 unspecified atom stereocenters. The lowest BCUT2D eigenvalue weighted by Gasteiger charge is -2.33. The van der Waals surface area contributed by atoms with Crippen LogP contribution in [0.3, 0.4) is 0 Å². The lowest BCUT2D eigenvalue weighted by Crippen LogP contribution is -2.47. The van der Waals surface area contributed by atoms with Crippen LogP contribution in [0.5, 0.6) is 11.5 Å². The first kappa shape index (κ1) is 23.1. The zero-order valence-corrected chi connectivity index (χ0v) is 19.3. The van der Waals surface area contributed by atoms with Gasteiger partial charge in [-0.05, 0) is 43.2 Å². The van der Waals surface area contributed by atoms with E-state index in [9.17, 15) is 18.0 Å². The first-order valence-electron chi connectivity index (χ1n) is 10.7. The topological polar surface area (TPSA) is 102 Å². The van der Waals surface area contributed by atoms with Crippen LogP contribution in [0.15, 0.2) is 47.4 Å². The van der Waals surface area contributed by atoms with Crippen molar-refractivity contribution in [2.45, 2.75) is 30.3 Å². The number of anilines is 1. The van der Waals surface area contributed by atoms with Crippen molar-refractivity contribution >= 4 is 27.6 Å². The minimum Gasteiger partial charge on any atom is -0.495 e. The van der Waals surface area contributed by atoms with Crippen LogP contribution in [0.2, 0.25) is 0 Å². The first-order chi connectivity index (χ1) is 15.9. The highest BCUT2D eigenvalue weighted by atomic mass is 32.2. The number of fused-ring (bicyclic) bond motifs is 1. The second-order valence-corrected chi connectivity index (χ2v) is 9.75. The predicted octanol–water partition coefficient (Wildman–Crippen LogP) is 2.45. The van der Waals surface area contributed by atoms with E-state index in [0.717, 1.165) is 19.3 Å². The maximum atomic E-state index is 13.5. The molecule has 0 radical (unpaired) electrons. The number of nitrogens with zero attached hydrogens (tertiary/aromatic N) is 2. The smallest absolute Gasteiger partial charge is 0.348 e. The Morgan fingerprint density at radius 3 is 2.45 bits per heavy atom. The summed E-state index contributed by atoms with van der Waals surface area (Å²) < 4.78 is 43.9. The average molecular weight is 475 g/mol. The largest absolute Gasteiger partial charge is 0.495 e. The number of rotatable bonds is 5. The van der Waals surface area contributed by atoms with Gasteiger partial charge in [-0.1, -0.05) is 18.6 Å². The zero-order valence-electron chi connectivity index (χ0n) is 18.5. The van der Waals surface area contributed by atoms with Crippen molar-refractivity contribution in [3.63, 3.8) is 0 Å². The van der Waals surface area contributed by atoms with Crippen molar-refractivity contribution in [3.8, 4) is 11.5 Å². The Morgan fingerprint density at radius 2 is 1.76 bits per heavy atom. The summed E-state index contributed by atoms with van der Waals surface area (Å²) in [6.45, 7) is 0.797. The molecule has 0 saturated carbocycles. The van der Waals surface area contributed by atoms with E-state index in [2.05, 4.69) is 0 Å². The molecule has 2 aromatic carbocycles. The molecule has 2 aliphatic rings. The predicted molar refractivity (Wildman–Crippen MR) is 120 cm³/mol. The number of benzene rings is 2. The highest BCUT2D eigenvalue weighted by Gasteiger charge is 2.36. The maximum Gasteiger partial charge on any atom is 0.348 e. The van der Waals surface area contributed by atoms with Gasteiger partial charge in [-0.3, -0.25) is 4.79 Å². The fourth-order valence-corrected chi connectivity index (χ4v) is 5.79. The van der Waals surface area contributed by atoms with Crippen LogP contribution >= 0.6 is 0 Å². The number of carbonyl (C=O) groups is 2. The SMILES string of the molecule is COC(=O)C1CN(C(=O)c2ccc(OC)c(S(=O)(=O)N3CCCCC3)c2)c2ccccc2O1. The van der Waals surface area contributed by atoms with Gasteiger partial charge in [-0.15, -0.1) is 0 Å². The van der Waals surface area contributed by atoms with Crippen molar-refractivity contribution < 1.29 is 32.2 Å². The highest BCUT2D eigenvalue weighted by Crippen LogP contribution is 2.36. The molecule has 1 saturated heterocycles. The third-order valence-electron chi connectivity index (χ3n) is 5.83. The molecule has 4 rings (SSSR count). The molecule has 0 spiro atoms. The van der Waals surface area contributed by atoms with Crippen molar-refractivity contribution in [1.82, 2.24) is 4.31 Å². The maximum absolute atomic E-state index is 13.5. The van der Waals surface area contributed by atoms with Crippen LogP contribution < -0.4 is 14.4 Å². The van der Waals surface area contributed by atoms with Gasteiger partial charge < -0.3 is 19.1 Å². The molecule has 0 aromatic heterocycles. The Morgan fingerprint density at radius 1 is 1.03 bits per heavy atom. The van der Waals surface area contributed by atoms with E-state index in [1.165, 1.54) is 41.6 Å². The molecule has 33 heavy (non-hydrogen) atoms. The van der Waals surface area contributed by atoms with Gasteiger partial charge in [0, 0.05) is 18.7 Å². The minimum absolute atomic E-state index is 0.0520. The first-order valence-corrected chi connectivity index (χ1v) is 12.1. The standard InChI is InChI=1S/C23H26N2O7S/c1-30-19-11-10-16(14-21(19)33(28,29)24-12-6-3-7-13-24)22(26)25-15-20(23(27)31-2)32-18-9-5-4-8-17(18)25/h4-5,8-11,14,20H,3,6-7,12-13,15H2,1-2H3. The van der Waals surface area contributed by atoms with E-state index in [4.69, 9.17) is 14.2 Å². The molecule has 10 heteroatoms. The van der Waals surface area contributed by atoms with E-state index < -0.39 is 28.0 Å². The second-order valence-electron chi connectivity index (χ2n) is 7.84. The Hall–Kier alpha value is -3.11. The molecule has 0 bridgehead atoms. The number of para-hydroxylation sites is 2. The Labute approximate surface area is 192 Å². The number of amides is 1. The van der Waals surface area contributed by atoms with Gasteiger partial charge >= 0.3 is 5.97 Å². The number of hydrogen-bond acceptors (Lipinski definition) is 7. The molecule has 2 heterocycles. The summed E-state index contributed by atoms with van der Waals surface area (Å²) in [4.78, 5) is 27.0. The Bertz CT molecular complexity index is 1160. The summed E-state index contributed by atoms with van der Waals surface area (Å²) in [7, 11) is -1.20. The van der Waals surface area contributed by atoms with Gasteiger partial charge in [-0.2, -0.15) is 4.31 Å². The summed E-state index contributed by atoms with van der Waals surface area (Å²) in [5, 5.41) is 0. The van der Waals surface area contributed by atoms with Crippen molar-refractivity contribution in [2.75, 3.05) is 38.8 Å². The van der Waals surface area contributed by atoms with Crippen LogP contribution in [-0.4, -0.2) is 64.6 Å². The fourth-order valence-electron chi connectivity index (χ4n) is 4.09. The lowest BCUT2D eigenvalue weighted by molar-refractivity contribution is -0.148. The number of carbonyl (C=O) groups excluding carboxylic acids is 2. The minimum atomic E-state index is -3.84. The van der Waals surface area contributed by atoms with Gasteiger partial charge in [0.15, 0.2) is 0 Å². The molecule has 1 atom stereocenters. The molecule has 2 aromatic rings. The summed E-state index contributed by atoms with van der Waals surface area (Å²) in [5.74, 6) is -0.531. The van der Waals surface area contributed by atoms with E-state index in [-0.39, 0.29) is 22.8 Å². The molecule has 0 N–H and O–H groups in total. The second kappa shape index (κ2) is 9.40. The number of piperidine rings is 1. The third-order valence-corrected chi connectivity index (χ3v) is 7.75. The van der Waals surface area contributed by atoms with Gasteiger partial charge in [0.05, 0.1) is 26.5 Å². The van der Waals surface area contributed by atoms with Crippen molar-refractivity contribution in [3.05, 3.63) is 48.0 Å². The third kappa shape index (κ3) is 4.40. The summed E-state index contributed by atoms with van der Waals surface area (Å²) in [5.41, 5.74) is 0.644. The summed E-state index contributed by atoms with van der Waals surface area (Å²) in [6.07, 6.45) is 1.57. The molecule has 1 amide bonds. The molecule has 176 valence electrons. The molecule has 0 aliphatic carbocycles. The van der Waals surface area contributed by atoms with Crippen LogP contribution in [0.1, 0.15) is 29.6 Å². The van der Waals surface area contributed by atoms with Crippen LogP contribution in [0.25, 0.3) is 0 Å². The average Bonchev–Trinajstić information content (AvgIpc) is 2.87. The molecule has 1 fully saturated rings. The number of esters is 1. The van der Waals surface area contributed by atoms with Gasteiger partial charge in [0.1, 0.15) is 16.4 Å². The fraction of sp³-hybridized carbons (Fsp3) is 0.391. The van der Waals surface area contributed by atoms with Gasteiger partial charge in [-0.25, -0.2) is 13.2 Å². The number of sulfonamides is 1. The number of methoxy groups -OCH3 is 2. The van der Waals surface area contributed by atoms with Gasteiger partial charge in [0.2, 0.25) is 16.1 Å². The van der Waals surface area contributed by atoms with E-state index in [1.54, 1.807) is 24.3 Å². The van der Waals surface area contributed by atoms with Crippen molar-refractivity contribution in [1.29, 1.82) is 0 Å².